The van der Waals surface area contributed by atoms with Crippen molar-refractivity contribution in [3.05, 3.63) is 0 Å². The van der Waals surface area contributed by atoms with Crippen molar-refractivity contribution in [2.75, 3.05) is 19.6 Å². The molecule has 0 aromatic rings. The monoisotopic (exact) mass is 214 g/mol. The lowest BCUT2D eigenvalue weighted by Crippen LogP contribution is -2.40. The van der Waals surface area contributed by atoms with Crippen molar-refractivity contribution in [2.24, 2.45) is 0 Å². The number of hydrogen-bond donors (Lipinski definition) is 1. The molecule has 5 nitrogen and oxygen atoms in total. The Bertz CT molecular complexity index is 255. The van der Waals surface area contributed by atoms with Crippen LogP contribution in [0.3, 0.4) is 0 Å². The standard InChI is InChI=1S/C10H18N2O3/c1-3-5-11-7-8(9(13)14)12(6-4-2)10(11)15/h8H,3-7H2,1-2H3,(H,13,14)/t8-/m0/s1. The average molecular weight is 214 g/mol. The Hall–Kier alpha value is -1.26. The molecular weight excluding hydrogens is 196 g/mol. The van der Waals surface area contributed by atoms with Crippen LogP contribution in [0.4, 0.5) is 4.79 Å². The van der Waals surface area contributed by atoms with Crippen LogP contribution in [0.5, 0.6) is 0 Å². The van der Waals surface area contributed by atoms with E-state index < -0.39 is 12.0 Å². The summed E-state index contributed by atoms with van der Waals surface area (Å²) in [6.07, 6.45) is 1.65. The minimum Gasteiger partial charge on any atom is -0.480 e. The van der Waals surface area contributed by atoms with Gasteiger partial charge in [-0.3, -0.25) is 0 Å². The topological polar surface area (TPSA) is 60.9 Å². The average Bonchev–Trinajstić information content (AvgIpc) is 2.48. The second-order valence-electron chi connectivity index (χ2n) is 3.78. The first-order valence-electron chi connectivity index (χ1n) is 5.40. The Morgan fingerprint density at radius 3 is 2.47 bits per heavy atom. The maximum Gasteiger partial charge on any atom is 0.328 e. The van der Waals surface area contributed by atoms with Crippen LogP contribution in [-0.4, -0.2) is 52.6 Å². The van der Waals surface area contributed by atoms with E-state index in [1.54, 1.807) is 4.90 Å². The van der Waals surface area contributed by atoms with Crippen LogP contribution >= 0.6 is 0 Å². The molecule has 1 N–H and O–H groups in total. The van der Waals surface area contributed by atoms with Crippen LogP contribution in [0.25, 0.3) is 0 Å². The number of nitrogens with zero attached hydrogens (tertiary/aromatic N) is 2. The van der Waals surface area contributed by atoms with Crippen LogP contribution in [0.1, 0.15) is 26.7 Å². The fraction of sp³-hybridized carbons (Fsp3) is 0.800. The molecule has 1 aliphatic rings. The van der Waals surface area contributed by atoms with Gasteiger partial charge in [0.05, 0.1) is 6.54 Å². The highest BCUT2D eigenvalue weighted by Crippen LogP contribution is 2.16. The summed E-state index contributed by atoms with van der Waals surface area (Å²) < 4.78 is 0. The van der Waals surface area contributed by atoms with E-state index in [0.29, 0.717) is 19.6 Å². The summed E-state index contributed by atoms with van der Waals surface area (Å²) in [5.74, 6) is -0.907. The van der Waals surface area contributed by atoms with Crippen molar-refractivity contribution in [3.63, 3.8) is 0 Å². The molecule has 0 aliphatic carbocycles. The second kappa shape index (κ2) is 5.00. The lowest BCUT2D eigenvalue weighted by atomic mass is 10.2. The van der Waals surface area contributed by atoms with E-state index >= 15 is 0 Å². The highest BCUT2D eigenvalue weighted by molar-refractivity contribution is 5.86. The van der Waals surface area contributed by atoms with Gasteiger partial charge in [0.2, 0.25) is 0 Å². The predicted octanol–water partition coefficient (Wildman–Crippen LogP) is 0.997. The molecule has 0 radical (unpaired) electrons. The molecule has 1 rings (SSSR count). The highest BCUT2D eigenvalue weighted by Gasteiger charge is 2.40. The van der Waals surface area contributed by atoms with Gasteiger partial charge >= 0.3 is 12.0 Å². The summed E-state index contributed by atoms with van der Waals surface area (Å²) in [6, 6.07) is -0.796. The summed E-state index contributed by atoms with van der Waals surface area (Å²) in [7, 11) is 0. The largest absolute Gasteiger partial charge is 0.480 e. The van der Waals surface area contributed by atoms with Gasteiger partial charge in [0.15, 0.2) is 0 Å². The molecule has 0 saturated carbocycles. The van der Waals surface area contributed by atoms with Crippen molar-refractivity contribution < 1.29 is 14.7 Å². The number of urea groups is 1. The molecule has 1 atom stereocenters. The number of aliphatic carboxylic acids is 1. The van der Waals surface area contributed by atoms with Gasteiger partial charge < -0.3 is 14.9 Å². The molecule has 0 aromatic heterocycles. The molecule has 2 amide bonds. The Labute approximate surface area is 89.7 Å². The number of hydrogen-bond acceptors (Lipinski definition) is 2. The molecule has 0 aromatic carbocycles. The summed E-state index contributed by atoms with van der Waals surface area (Å²) in [6.45, 7) is 5.40. The van der Waals surface area contributed by atoms with Crippen LogP contribution in [0, 0.1) is 0 Å². The molecule has 5 heteroatoms. The minimum absolute atomic E-state index is 0.133. The molecule has 15 heavy (non-hydrogen) atoms. The zero-order valence-electron chi connectivity index (χ0n) is 9.27. The van der Waals surface area contributed by atoms with E-state index in [2.05, 4.69) is 0 Å². The van der Waals surface area contributed by atoms with Gasteiger partial charge in [-0.15, -0.1) is 0 Å². The lowest BCUT2D eigenvalue weighted by Gasteiger charge is -2.19. The zero-order valence-corrected chi connectivity index (χ0v) is 9.27. The number of carbonyl (C=O) groups is 2. The number of carboxylic acid groups (broad SMARTS) is 1. The minimum atomic E-state index is -0.907. The van der Waals surface area contributed by atoms with E-state index in [1.807, 2.05) is 13.8 Å². The van der Waals surface area contributed by atoms with E-state index in [1.165, 1.54) is 4.90 Å². The SMILES string of the molecule is CCCN1C[C@@H](C(=O)O)N(CCC)C1=O. The van der Waals surface area contributed by atoms with Crippen LogP contribution in [0.15, 0.2) is 0 Å². The molecule has 1 fully saturated rings. The molecule has 1 saturated heterocycles. The molecule has 0 spiro atoms. The van der Waals surface area contributed by atoms with Gasteiger partial charge in [0.25, 0.3) is 0 Å². The first-order valence-corrected chi connectivity index (χ1v) is 5.40. The zero-order chi connectivity index (χ0) is 11.4. The fourth-order valence-corrected chi connectivity index (χ4v) is 1.86. The summed E-state index contributed by atoms with van der Waals surface area (Å²) >= 11 is 0. The fourth-order valence-electron chi connectivity index (χ4n) is 1.86. The molecular formula is C10H18N2O3. The van der Waals surface area contributed by atoms with E-state index in [4.69, 9.17) is 5.11 Å². The first-order chi connectivity index (χ1) is 7.11. The van der Waals surface area contributed by atoms with Gasteiger partial charge in [0.1, 0.15) is 6.04 Å². The summed E-state index contributed by atoms with van der Waals surface area (Å²) in [5, 5.41) is 8.99. The predicted molar refractivity (Wildman–Crippen MR) is 55.7 cm³/mol. The van der Waals surface area contributed by atoms with Crippen molar-refractivity contribution in [3.8, 4) is 0 Å². The van der Waals surface area contributed by atoms with E-state index in [9.17, 15) is 9.59 Å². The van der Waals surface area contributed by atoms with Gasteiger partial charge in [0, 0.05) is 13.1 Å². The maximum atomic E-state index is 11.8. The first kappa shape index (κ1) is 11.8. The highest BCUT2D eigenvalue weighted by atomic mass is 16.4. The third-order valence-corrected chi connectivity index (χ3v) is 2.53. The Morgan fingerprint density at radius 1 is 1.40 bits per heavy atom. The third kappa shape index (κ3) is 2.40. The Balaban J connectivity index is 2.72. The maximum absolute atomic E-state index is 11.8. The van der Waals surface area contributed by atoms with Crippen LogP contribution < -0.4 is 0 Å². The van der Waals surface area contributed by atoms with Crippen molar-refractivity contribution in [2.45, 2.75) is 32.7 Å². The Kier molecular flexibility index (Phi) is 3.94. The molecule has 0 bridgehead atoms. The Morgan fingerprint density at radius 2 is 2.00 bits per heavy atom. The number of carbonyl (C=O) groups excluding carboxylic acids is 1. The van der Waals surface area contributed by atoms with Crippen LogP contribution in [0.2, 0.25) is 0 Å². The number of carboxylic acids is 1. The number of rotatable bonds is 5. The quantitative estimate of drug-likeness (QED) is 0.742. The molecule has 0 unspecified atom stereocenters. The van der Waals surface area contributed by atoms with Crippen LogP contribution in [-0.2, 0) is 4.79 Å². The summed E-state index contributed by atoms with van der Waals surface area (Å²) in [4.78, 5) is 25.8. The normalized spacial score (nSPS) is 21.2. The number of amides is 2. The van der Waals surface area contributed by atoms with Crippen molar-refractivity contribution >= 4 is 12.0 Å². The van der Waals surface area contributed by atoms with E-state index in [0.717, 1.165) is 12.8 Å². The second-order valence-corrected chi connectivity index (χ2v) is 3.78. The van der Waals surface area contributed by atoms with Gasteiger partial charge in [-0.05, 0) is 12.8 Å². The van der Waals surface area contributed by atoms with Gasteiger partial charge in [-0.1, -0.05) is 13.8 Å². The molecule has 86 valence electrons. The smallest absolute Gasteiger partial charge is 0.328 e. The van der Waals surface area contributed by atoms with Gasteiger partial charge in [-0.2, -0.15) is 0 Å². The molecule has 1 heterocycles. The van der Waals surface area contributed by atoms with Crippen molar-refractivity contribution in [1.29, 1.82) is 0 Å². The van der Waals surface area contributed by atoms with E-state index in [-0.39, 0.29) is 6.03 Å². The third-order valence-electron chi connectivity index (χ3n) is 2.53. The van der Waals surface area contributed by atoms with Crippen molar-refractivity contribution in [1.82, 2.24) is 9.80 Å². The summed E-state index contributed by atoms with van der Waals surface area (Å²) in [5.41, 5.74) is 0. The van der Waals surface area contributed by atoms with Gasteiger partial charge in [-0.25, -0.2) is 9.59 Å². The lowest BCUT2D eigenvalue weighted by molar-refractivity contribution is -0.141. The molecule has 1 aliphatic heterocycles.